The predicted octanol–water partition coefficient (Wildman–Crippen LogP) is 4.68. The number of fused-ring (bicyclic) bond motifs is 5. The fourth-order valence-electron chi connectivity index (χ4n) is 4.56. The highest BCUT2D eigenvalue weighted by Gasteiger charge is 2.23. The van der Waals surface area contributed by atoms with Crippen molar-refractivity contribution in [1.29, 1.82) is 0 Å². The average molecular weight is 512 g/mol. The maximum Gasteiger partial charge on any atom is 0.343 e. The number of rotatable bonds is 6. The number of halogens is 1. The number of ether oxygens (including phenoxy) is 1. The van der Waals surface area contributed by atoms with Crippen molar-refractivity contribution in [2.45, 2.75) is 32.4 Å². The smallest absolute Gasteiger partial charge is 0.343 e. The van der Waals surface area contributed by atoms with E-state index in [0.29, 0.717) is 12.2 Å². The predicted molar refractivity (Wildman–Crippen MR) is 145 cm³/mol. The molecule has 2 amide bonds. The van der Waals surface area contributed by atoms with Crippen LogP contribution in [0.3, 0.4) is 0 Å². The monoisotopic (exact) mass is 511 g/mol. The van der Waals surface area contributed by atoms with Gasteiger partial charge in [0.15, 0.2) is 0 Å². The third-order valence-electron chi connectivity index (χ3n) is 6.62. The Balaban J connectivity index is 1.34. The molecule has 0 radical (unpaired) electrons. The van der Waals surface area contributed by atoms with Crippen molar-refractivity contribution in [1.82, 2.24) is 5.32 Å². The maximum absolute atomic E-state index is 14.4. The van der Waals surface area contributed by atoms with Crippen LogP contribution in [0.5, 0.6) is 0 Å². The number of hydrogen-bond acceptors (Lipinski definition) is 5. The third kappa shape index (κ3) is 4.73. The molecular weight excluding hydrogens is 485 g/mol. The molecule has 2 atom stereocenters. The summed E-state index contributed by atoms with van der Waals surface area (Å²) in [5, 5.41) is 9.38. The number of esters is 1. The molecule has 0 saturated heterocycles. The van der Waals surface area contributed by atoms with Gasteiger partial charge >= 0.3 is 5.97 Å². The number of anilines is 1. The van der Waals surface area contributed by atoms with E-state index in [0.717, 1.165) is 38.7 Å². The molecule has 0 unspecified atom stereocenters. The van der Waals surface area contributed by atoms with E-state index in [1.54, 1.807) is 0 Å². The lowest BCUT2D eigenvalue weighted by Crippen LogP contribution is -2.47. The standard InChI is InChI=1S/C30H26FN3O4/c1-16(32)28(35)33-17(2)29(36)34-26-15-19(8-13-25(26)31)30(37)38-27-14-12-23-22-9-7-18-5-3-4-6-20(18)21(22)10-11-24(23)27/h3-11,13-17H,12,32H2,1-2H3,(H,33,35)(H,34,36)/t16-,17-/m0/s1. The molecule has 0 aliphatic heterocycles. The summed E-state index contributed by atoms with van der Waals surface area (Å²) < 4.78 is 20.1. The van der Waals surface area contributed by atoms with Gasteiger partial charge in [0, 0.05) is 5.56 Å². The first-order chi connectivity index (χ1) is 18.2. The first-order valence-electron chi connectivity index (χ1n) is 12.3. The normalized spacial score (nSPS) is 13.9. The summed E-state index contributed by atoms with van der Waals surface area (Å²) in [5.41, 5.74) is 7.27. The van der Waals surface area contributed by atoms with Gasteiger partial charge in [-0.1, -0.05) is 48.5 Å². The van der Waals surface area contributed by atoms with Crippen molar-refractivity contribution in [2.75, 3.05) is 5.32 Å². The number of hydrogen-bond donors (Lipinski definition) is 3. The van der Waals surface area contributed by atoms with Gasteiger partial charge < -0.3 is 21.1 Å². The van der Waals surface area contributed by atoms with Crippen LogP contribution in [0.25, 0.3) is 27.3 Å². The molecule has 0 spiro atoms. The number of allylic oxidation sites excluding steroid dienone is 1. The molecular formula is C30H26FN3O4. The van der Waals surface area contributed by atoms with Crippen molar-refractivity contribution in [3.63, 3.8) is 0 Å². The summed E-state index contributed by atoms with van der Waals surface area (Å²) in [5.74, 6) is -2.16. The molecule has 1 aliphatic rings. The van der Waals surface area contributed by atoms with E-state index >= 15 is 0 Å². The molecule has 4 aromatic rings. The average Bonchev–Trinajstić information content (AvgIpc) is 3.32. The van der Waals surface area contributed by atoms with Gasteiger partial charge in [-0.2, -0.15) is 0 Å². The second kappa shape index (κ2) is 10.1. The fraction of sp³-hybridized carbons (Fsp3) is 0.167. The van der Waals surface area contributed by atoms with Gasteiger partial charge in [-0.25, -0.2) is 9.18 Å². The topological polar surface area (TPSA) is 111 Å². The van der Waals surface area contributed by atoms with Crippen LogP contribution >= 0.6 is 0 Å². The Bertz CT molecular complexity index is 1640. The molecule has 38 heavy (non-hydrogen) atoms. The molecule has 0 fully saturated rings. The van der Waals surface area contributed by atoms with E-state index in [9.17, 15) is 18.8 Å². The van der Waals surface area contributed by atoms with Gasteiger partial charge in [0.1, 0.15) is 17.6 Å². The Morgan fingerprint density at radius 3 is 2.47 bits per heavy atom. The Labute approximate surface area is 218 Å². The molecule has 4 N–H and O–H groups in total. The van der Waals surface area contributed by atoms with Crippen molar-refractivity contribution in [2.24, 2.45) is 5.73 Å². The quantitative estimate of drug-likeness (QED) is 0.257. The maximum atomic E-state index is 14.4. The summed E-state index contributed by atoms with van der Waals surface area (Å²) in [7, 11) is 0. The summed E-state index contributed by atoms with van der Waals surface area (Å²) in [6.07, 6.45) is 2.47. The second-order valence-corrected chi connectivity index (χ2v) is 9.34. The Kier molecular flexibility index (Phi) is 6.65. The van der Waals surface area contributed by atoms with Crippen LogP contribution in [0.4, 0.5) is 10.1 Å². The summed E-state index contributed by atoms with van der Waals surface area (Å²) in [6.45, 7) is 2.93. The van der Waals surface area contributed by atoms with Crippen molar-refractivity contribution in [3.05, 3.63) is 95.3 Å². The minimum atomic E-state index is -0.962. The lowest BCUT2D eigenvalue weighted by atomic mass is 9.96. The van der Waals surface area contributed by atoms with Gasteiger partial charge in [0.25, 0.3) is 0 Å². The fourth-order valence-corrected chi connectivity index (χ4v) is 4.56. The number of benzene rings is 4. The lowest BCUT2D eigenvalue weighted by Gasteiger charge is -2.16. The van der Waals surface area contributed by atoms with Gasteiger partial charge in [-0.3, -0.25) is 9.59 Å². The van der Waals surface area contributed by atoms with E-state index in [2.05, 4.69) is 34.9 Å². The minimum Gasteiger partial charge on any atom is -0.423 e. The van der Waals surface area contributed by atoms with Gasteiger partial charge in [-0.15, -0.1) is 0 Å². The first kappa shape index (κ1) is 25.1. The van der Waals surface area contributed by atoms with Crippen molar-refractivity contribution >= 4 is 50.8 Å². The van der Waals surface area contributed by atoms with Gasteiger partial charge in [0.05, 0.1) is 17.3 Å². The molecule has 1 aliphatic carbocycles. The van der Waals surface area contributed by atoms with Crippen LogP contribution < -0.4 is 16.4 Å². The molecule has 192 valence electrons. The number of nitrogens with one attached hydrogen (secondary N) is 2. The van der Waals surface area contributed by atoms with E-state index in [4.69, 9.17) is 10.5 Å². The minimum absolute atomic E-state index is 0.0649. The summed E-state index contributed by atoms with van der Waals surface area (Å²) >= 11 is 0. The molecule has 8 heteroatoms. The zero-order valence-corrected chi connectivity index (χ0v) is 20.9. The number of carbonyl (C=O) groups excluding carboxylic acids is 3. The zero-order chi connectivity index (χ0) is 27.0. The summed E-state index contributed by atoms with van der Waals surface area (Å²) in [4.78, 5) is 37.2. The third-order valence-corrected chi connectivity index (χ3v) is 6.62. The van der Waals surface area contributed by atoms with Crippen LogP contribution in [0.2, 0.25) is 0 Å². The highest BCUT2D eigenvalue weighted by Crippen LogP contribution is 2.37. The zero-order valence-electron chi connectivity index (χ0n) is 20.9. The van der Waals surface area contributed by atoms with Crippen LogP contribution in [0.1, 0.15) is 35.3 Å². The van der Waals surface area contributed by atoms with Crippen LogP contribution in [0, 0.1) is 5.82 Å². The number of carbonyl (C=O) groups is 3. The molecule has 5 rings (SSSR count). The Morgan fingerprint density at radius 2 is 1.68 bits per heavy atom. The van der Waals surface area contributed by atoms with Crippen LogP contribution in [-0.2, 0) is 20.7 Å². The highest BCUT2D eigenvalue weighted by molar-refractivity contribution is 6.10. The number of nitrogens with two attached hydrogens (primary N) is 1. The SMILES string of the molecule is C[C@H](N)C(=O)N[C@@H](C)C(=O)Nc1cc(C(=O)OC2=CCc3c2ccc2c3ccc3ccccc32)ccc1F. The van der Waals surface area contributed by atoms with E-state index in [-0.39, 0.29) is 11.3 Å². The largest absolute Gasteiger partial charge is 0.423 e. The second-order valence-electron chi connectivity index (χ2n) is 9.34. The van der Waals surface area contributed by atoms with Crippen LogP contribution in [0.15, 0.2) is 72.8 Å². The Hall–Kier alpha value is -4.56. The van der Waals surface area contributed by atoms with Crippen molar-refractivity contribution < 1.29 is 23.5 Å². The molecule has 0 aromatic heterocycles. The van der Waals surface area contributed by atoms with Gasteiger partial charge in [-0.05, 0) is 71.7 Å². The molecule has 4 aromatic carbocycles. The number of amides is 2. The molecule has 0 bridgehead atoms. The van der Waals surface area contributed by atoms with E-state index in [1.807, 2.05) is 30.3 Å². The van der Waals surface area contributed by atoms with E-state index < -0.39 is 35.7 Å². The Morgan fingerprint density at radius 1 is 0.921 bits per heavy atom. The molecule has 0 saturated carbocycles. The van der Waals surface area contributed by atoms with Gasteiger partial charge in [0.2, 0.25) is 11.8 Å². The van der Waals surface area contributed by atoms with Crippen molar-refractivity contribution in [3.8, 4) is 0 Å². The highest BCUT2D eigenvalue weighted by atomic mass is 19.1. The lowest BCUT2D eigenvalue weighted by molar-refractivity contribution is -0.126. The first-order valence-corrected chi connectivity index (χ1v) is 12.3. The van der Waals surface area contributed by atoms with Crippen LogP contribution in [-0.4, -0.2) is 29.9 Å². The summed E-state index contributed by atoms with van der Waals surface area (Å²) in [6, 6.07) is 18.1. The molecule has 7 nitrogen and oxygen atoms in total. The molecule has 0 heterocycles. The van der Waals surface area contributed by atoms with E-state index in [1.165, 1.54) is 26.0 Å².